The third kappa shape index (κ3) is 23.8. The van der Waals surface area contributed by atoms with Gasteiger partial charge in [-0.2, -0.15) is 0 Å². The number of aromatic nitrogens is 6. The third-order valence-corrected chi connectivity index (χ3v) is 14.1. The van der Waals surface area contributed by atoms with Gasteiger partial charge in [-0.3, -0.25) is 42.8 Å². The number of esters is 3. The van der Waals surface area contributed by atoms with Gasteiger partial charge in [-0.1, -0.05) is 6.42 Å². The largest absolute Gasteiger partial charge is 0.465 e. The van der Waals surface area contributed by atoms with E-state index in [0.29, 0.717) is 49.5 Å². The van der Waals surface area contributed by atoms with Crippen LogP contribution < -0.4 is 33.0 Å². The molecule has 0 bridgehead atoms. The number of ether oxygens (including phenoxy) is 4. The Labute approximate surface area is 491 Å². The summed E-state index contributed by atoms with van der Waals surface area (Å²) in [6.45, 7) is 27.3. The fourth-order valence-corrected chi connectivity index (χ4v) is 9.74. The lowest BCUT2D eigenvalue weighted by molar-refractivity contribution is -0.161. The summed E-state index contributed by atoms with van der Waals surface area (Å²) in [6, 6.07) is 0.680. The van der Waals surface area contributed by atoms with Crippen LogP contribution in [0.3, 0.4) is 0 Å². The Balaban J connectivity index is 0.000000292. The molecule has 24 nitrogen and oxygen atoms in total. The molecule has 25 heteroatoms. The second-order valence-corrected chi connectivity index (χ2v) is 23.4. The number of carbonyl (C=O) groups is 4. The highest BCUT2D eigenvalue weighted by molar-refractivity contribution is 9.10. The number of aliphatic hydroxyl groups is 2. The van der Waals surface area contributed by atoms with Gasteiger partial charge < -0.3 is 55.0 Å². The minimum absolute atomic E-state index is 0.0397. The second kappa shape index (κ2) is 34.8. The van der Waals surface area contributed by atoms with Gasteiger partial charge in [-0.25, -0.2) is 19.7 Å². The lowest BCUT2D eigenvalue weighted by Crippen LogP contribution is -2.42. The van der Waals surface area contributed by atoms with Gasteiger partial charge in [0.05, 0.1) is 25.7 Å². The molecule has 2 saturated heterocycles. The zero-order valence-electron chi connectivity index (χ0n) is 50.6. The van der Waals surface area contributed by atoms with E-state index >= 15 is 0 Å². The minimum atomic E-state index is -0.517. The molecule has 82 heavy (non-hydrogen) atoms. The third-order valence-electron chi connectivity index (χ3n) is 13.6. The summed E-state index contributed by atoms with van der Waals surface area (Å²) in [6.07, 6.45) is 14.4. The van der Waals surface area contributed by atoms with E-state index in [9.17, 15) is 33.6 Å². The molecule has 0 radical (unpaired) electrons. The Morgan fingerprint density at radius 1 is 0.671 bits per heavy atom. The van der Waals surface area contributed by atoms with Crippen LogP contribution in [-0.2, 0) is 53.0 Å². The van der Waals surface area contributed by atoms with Crippen molar-refractivity contribution in [3.63, 3.8) is 0 Å². The average Bonchev–Trinajstić information content (AvgIpc) is 3.86. The van der Waals surface area contributed by atoms with Gasteiger partial charge in [0.15, 0.2) is 16.2 Å². The monoisotopic (exact) mass is 1220 g/mol. The molecule has 4 atom stereocenters. The molecular weight excluding hydrogens is 1130 g/mol. The molecule has 462 valence electrons. The van der Waals surface area contributed by atoms with Crippen molar-refractivity contribution in [3.8, 4) is 0 Å². The molecule has 4 unspecified atom stereocenters. The summed E-state index contributed by atoms with van der Waals surface area (Å²) in [7, 11) is 0. The van der Waals surface area contributed by atoms with Crippen LogP contribution in [0.5, 0.6) is 0 Å². The highest BCUT2D eigenvalue weighted by Gasteiger charge is 2.36. The number of hydrogen-bond donors (Lipinski definition) is 5. The molecule has 4 aliphatic rings. The number of anilines is 2. The van der Waals surface area contributed by atoms with E-state index < -0.39 is 23.1 Å². The molecule has 2 aliphatic heterocycles. The molecule has 5 heterocycles. The number of rotatable bonds is 18. The molecule has 2 saturated carbocycles. The Morgan fingerprint density at radius 2 is 1.17 bits per heavy atom. The first kappa shape index (κ1) is 70.5. The van der Waals surface area contributed by atoms with Crippen LogP contribution >= 0.6 is 15.9 Å². The van der Waals surface area contributed by atoms with Crippen LogP contribution in [0.25, 0.3) is 0 Å². The summed E-state index contributed by atoms with van der Waals surface area (Å²) >= 11 is 3.01. The zero-order valence-corrected chi connectivity index (χ0v) is 52.2. The first-order chi connectivity index (χ1) is 38.7. The topological polar surface area (TPSA) is 307 Å². The maximum absolute atomic E-state index is 12.7. The van der Waals surface area contributed by atoms with E-state index in [1.165, 1.54) is 54.1 Å². The van der Waals surface area contributed by atoms with Gasteiger partial charge in [0.1, 0.15) is 24.3 Å². The SMILES string of the molecule is CC(C)(C)OC(=O)N1CCCC1CN.CCO.CCOC(=O)Cn1c(C)cnc(Br)c1=O.CCOC(=O)Cn1c(C)cnc(NCC2CCCC2C(=O)OC(C)(C)C)c1=O.Cc1cnc(NCC2CCCN2CC2CC2)c(=O)n1CCO. The minimum Gasteiger partial charge on any atom is -0.465 e. The van der Waals surface area contributed by atoms with Crippen molar-refractivity contribution in [2.24, 2.45) is 23.5 Å². The van der Waals surface area contributed by atoms with Crippen molar-refractivity contribution in [1.82, 2.24) is 38.5 Å². The van der Waals surface area contributed by atoms with Crippen molar-refractivity contribution in [2.45, 2.75) is 184 Å². The smallest absolute Gasteiger partial charge is 0.410 e. The normalized spacial score (nSPS) is 18.5. The molecule has 3 aromatic rings. The highest BCUT2D eigenvalue weighted by Crippen LogP contribution is 2.34. The molecule has 4 fully saturated rings. The summed E-state index contributed by atoms with van der Waals surface area (Å²) in [5.74, 6) is 0.288. The zero-order chi connectivity index (χ0) is 61.3. The van der Waals surface area contributed by atoms with Crippen molar-refractivity contribution in [3.05, 3.63) is 71.3 Å². The van der Waals surface area contributed by atoms with E-state index in [4.69, 9.17) is 34.9 Å². The molecule has 0 spiro atoms. The van der Waals surface area contributed by atoms with E-state index in [1.807, 2.05) is 48.5 Å². The Morgan fingerprint density at radius 3 is 1.70 bits per heavy atom. The van der Waals surface area contributed by atoms with Gasteiger partial charge in [-0.15, -0.1) is 0 Å². The van der Waals surface area contributed by atoms with Gasteiger partial charge in [-0.05, 0) is 169 Å². The predicted octanol–water partition coefficient (Wildman–Crippen LogP) is 5.34. The maximum atomic E-state index is 12.7. The predicted molar refractivity (Wildman–Crippen MR) is 317 cm³/mol. The van der Waals surface area contributed by atoms with Crippen molar-refractivity contribution in [1.29, 1.82) is 0 Å². The molecule has 2 aliphatic carbocycles. The van der Waals surface area contributed by atoms with Crippen molar-refractivity contribution < 1.29 is 48.3 Å². The van der Waals surface area contributed by atoms with Crippen molar-refractivity contribution in [2.75, 3.05) is 76.3 Å². The standard InChI is InChI=1S/C20H31N3O5.C16H26N4O2.C10H20N2O2.C9H11BrN2O3.C2H6O/c1-6-27-16(24)12-23-13(2)10-21-17(18(23)25)22-11-14-8-7-9-15(14)19(26)28-20(3,4)5;1-12-9-17-15(16(22)20(12)7-8-21)18-10-14-3-2-6-19(14)11-13-4-5-13;1-10(2,3)14-9(13)12-6-4-5-8(12)7-11;1-3-15-7(13)5-12-6(2)4-11-8(10)9(12)14;1-2-3/h10,14-15H,6-9,11-12H2,1-5H3,(H,21,22);9,13-14,21H,2-8,10-11H2,1H3,(H,17,18);8H,4-7,11H2,1-3H3;4H,3,5H2,1-2H3;3H,2H2,1H3. The quantitative estimate of drug-likeness (QED) is 0.0793. The summed E-state index contributed by atoms with van der Waals surface area (Å²) < 4.78 is 24.9. The van der Waals surface area contributed by atoms with Crippen LogP contribution in [0, 0.1) is 38.5 Å². The van der Waals surface area contributed by atoms with Crippen LogP contribution in [0.15, 0.2) is 37.6 Å². The number of nitrogens with zero attached hydrogens (tertiary/aromatic N) is 8. The fraction of sp³-hybridized carbons (Fsp3) is 0.719. The molecule has 0 aromatic carbocycles. The molecule has 3 aromatic heterocycles. The van der Waals surface area contributed by atoms with Crippen LogP contribution in [0.1, 0.15) is 137 Å². The molecular formula is C57H94BrN11O13. The highest BCUT2D eigenvalue weighted by atomic mass is 79.9. The van der Waals surface area contributed by atoms with Gasteiger partial charge in [0.25, 0.3) is 16.7 Å². The van der Waals surface area contributed by atoms with E-state index in [2.05, 4.69) is 46.4 Å². The summed E-state index contributed by atoms with van der Waals surface area (Å²) in [4.78, 5) is 100. The molecule has 6 N–H and O–H groups in total. The Bertz CT molecular complexity index is 2680. The van der Waals surface area contributed by atoms with Crippen LogP contribution in [0.2, 0.25) is 0 Å². The number of aryl methyl sites for hydroxylation is 3. The Kier molecular flexibility index (Phi) is 29.9. The molecule has 1 amide bonds. The second-order valence-electron chi connectivity index (χ2n) is 22.6. The van der Waals surface area contributed by atoms with Crippen LogP contribution in [-0.4, -0.2) is 162 Å². The average molecular weight is 1220 g/mol. The van der Waals surface area contributed by atoms with Gasteiger partial charge >= 0.3 is 24.0 Å². The van der Waals surface area contributed by atoms with E-state index in [-0.39, 0.29) is 89.9 Å². The lowest BCUT2D eigenvalue weighted by Gasteiger charge is -2.27. The number of nitrogens with two attached hydrogens (primary N) is 1. The number of aliphatic hydroxyl groups excluding tert-OH is 2. The van der Waals surface area contributed by atoms with Crippen molar-refractivity contribution >= 4 is 51.6 Å². The number of nitrogens with one attached hydrogen (secondary N) is 2. The summed E-state index contributed by atoms with van der Waals surface area (Å²) in [5.41, 5.74) is 5.78. The van der Waals surface area contributed by atoms with Gasteiger partial charge in [0, 0.05) is 93.6 Å². The van der Waals surface area contributed by atoms with E-state index in [0.717, 1.165) is 56.8 Å². The molecule has 7 rings (SSSR count). The van der Waals surface area contributed by atoms with E-state index in [1.54, 1.807) is 56.5 Å². The van der Waals surface area contributed by atoms with Crippen LogP contribution in [0.4, 0.5) is 16.4 Å². The first-order valence-corrected chi connectivity index (χ1v) is 29.5. The number of halogens is 1. The number of carbonyl (C=O) groups excluding carboxylic acids is 4. The Hall–Kier alpha value is -5.76. The number of likely N-dealkylation sites (tertiary alicyclic amines) is 2. The van der Waals surface area contributed by atoms with Gasteiger partial charge in [0.2, 0.25) is 0 Å². The summed E-state index contributed by atoms with van der Waals surface area (Å²) in [5, 5.41) is 23.0. The number of amides is 1. The first-order valence-electron chi connectivity index (χ1n) is 28.7. The fourth-order valence-electron chi connectivity index (χ4n) is 9.42. The lowest BCUT2D eigenvalue weighted by atomic mass is 9.96. The maximum Gasteiger partial charge on any atom is 0.410 e. The number of hydrogen-bond acceptors (Lipinski definition) is 20.